The number of aliphatic hydroxyl groups excluding tert-OH is 1. The zero-order valence-corrected chi connectivity index (χ0v) is 8.07. The second kappa shape index (κ2) is 3.98. The second-order valence-electron chi connectivity index (χ2n) is 3.56. The van der Waals surface area contributed by atoms with Crippen molar-refractivity contribution in [2.75, 3.05) is 13.2 Å². The maximum atomic E-state index is 9.73. The van der Waals surface area contributed by atoms with E-state index in [0.717, 1.165) is 24.3 Å². The van der Waals surface area contributed by atoms with E-state index in [1.54, 1.807) is 0 Å². The van der Waals surface area contributed by atoms with Crippen molar-refractivity contribution in [1.82, 2.24) is 0 Å². The molecule has 3 N–H and O–H groups in total. The van der Waals surface area contributed by atoms with Gasteiger partial charge in [0.2, 0.25) is 0 Å². The van der Waals surface area contributed by atoms with E-state index in [0.29, 0.717) is 13.0 Å². The predicted molar refractivity (Wildman–Crippen MR) is 54.3 cm³/mol. The highest BCUT2D eigenvalue weighted by atomic mass is 16.5. The monoisotopic (exact) mass is 193 g/mol. The third-order valence-corrected chi connectivity index (χ3v) is 2.54. The lowest BCUT2D eigenvalue weighted by Gasteiger charge is -2.10. The van der Waals surface area contributed by atoms with Crippen molar-refractivity contribution >= 4 is 0 Å². The molecule has 3 nitrogen and oxygen atoms in total. The molecule has 0 amide bonds. The summed E-state index contributed by atoms with van der Waals surface area (Å²) >= 11 is 0. The van der Waals surface area contributed by atoms with Crippen LogP contribution in [0.4, 0.5) is 0 Å². The Morgan fingerprint density at radius 1 is 1.50 bits per heavy atom. The molecular weight excluding hydrogens is 178 g/mol. The number of benzene rings is 1. The fraction of sp³-hybridized carbons (Fsp3) is 0.455. The van der Waals surface area contributed by atoms with Gasteiger partial charge in [0.15, 0.2) is 0 Å². The van der Waals surface area contributed by atoms with Crippen molar-refractivity contribution in [1.29, 1.82) is 0 Å². The van der Waals surface area contributed by atoms with Crippen LogP contribution in [0.5, 0.6) is 5.75 Å². The van der Waals surface area contributed by atoms with Gasteiger partial charge in [0, 0.05) is 6.42 Å². The summed E-state index contributed by atoms with van der Waals surface area (Å²) in [5.74, 6) is 0.952. The maximum absolute atomic E-state index is 9.73. The summed E-state index contributed by atoms with van der Waals surface area (Å²) in [6.07, 6.45) is 1.11. The summed E-state index contributed by atoms with van der Waals surface area (Å²) < 4.78 is 5.39. The number of fused-ring (bicyclic) bond motifs is 1. The van der Waals surface area contributed by atoms with Crippen LogP contribution in [-0.4, -0.2) is 18.3 Å². The van der Waals surface area contributed by atoms with Crippen LogP contribution in [0.15, 0.2) is 18.2 Å². The number of aliphatic hydroxyl groups is 1. The summed E-state index contributed by atoms with van der Waals surface area (Å²) in [4.78, 5) is 0. The summed E-state index contributed by atoms with van der Waals surface area (Å²) in [6, 6.07) is 5.85. The molecule has 0 aliphatic carbocycles. The average molecular weight is 193 g/mol. The number of ether oxygens (including phenoxy) is 1. The Balaban J connectivity index is 2.19. The molecular formula is C11H15NO2. The predicted octanol–water partition coefficient (Wildman–Crippen LogP) is 1.00. The summed E-state index contributed by atoms with van der Waals surface area (Å²) in [7, 11) is 0. The SMILES string of the molecule is NCC[C@H](O)c1ccc2c(c1)CCO2. The van der Waals surface area contributed by atoms with Gasteiger partial charge in [-0.2, -0.15) is 0 Å². The topological polar surface area (TPSA) is 55.5 Å². The first-order chi connectivity index (χ1) is 6.81. The van der Waals surface area contributed by atoms with Crippen LogP contribution in [0.3, 0.4) is 0 Å². The minimum atomic E-state index is -0.439. The lowest BCUT2D eigenvalue weighted by molar-refractivity contribution is 0.170. The first-order valence-electron chi connectivity index (χ1n) is 4.95. The van der Waals surface area contributed by atoms with Gasteiger partial charge in [0.05, 0.1) is 12.7 Å². The minimum absolute atomic E-state index is 0.439. The van der Waals surface area contributed by atoms with Crippen molar-refractivity contribution in [3.8, 4) is 5.75 Å². The highest BCUT2D eigenvalue weighted by Crippen LogP contribution is 2.28. The molecule has 1 atom stereocenters. The summed E-state index contributed by atoms with van der Waals surface area (Å²) in [5.41, 5.74) is 7.53. The largest absolute Gasteiger partial charge is 0.493 e. The van der Waals surface area contributed by atoms with E-state index < -0.39 is 6.10 Å². The van der Waals surface area contributed by atoms with Gasteiger partial charge in [-0.3, -0.25) is 0 Å². The number of nitrogens with two attached hydrogens (primary N) is 1. The van der Waals surface area contributed by atoms with E-state index in [1.165, 1.54) is 5.56 Å². The van der Waals surface area contributed by atoms with Crippen molar-refractivity contribution in [3.63, 3.8) is 0 Å². The van der Waals surface area contributed by atoms with Crippen molar-refractivity contribution in [2.24, 2.45) is 5.73 Å². The Morgan fingerprint density at radius 3 is 3.14 bits per heavy atom. The zero-order chi connectivity index (χ0) is 9.97. The lowest BCUT2D eigenvalue weighted by Crippen LogP contribution is -2.06. The van der Waals surface area contributed by atoms with Gasteiger partial charge in [-0.25, -0.2) is 0 Å². The van der Waals surface area contributed by atoms with E-state index in [1.807, 2.05) is 18.2 Å². The van der Waals surface area contributed by atoms with Gasteiger partial charge in [0.1, 0.15) is 5.75 Å². The molecule has 76 valence electrons. The lowest BCUT2D eigenvalue weighted by atomic mass is 10.0. The van der Waals surface area contributed by atoms with Gasteiger partial charge >= 0.3 is 0 Å². The number of rotatable bonds is 3. The van der Waals surface area contributed by atoms with Crippen LogP contribution >= 0.6 is 0 Å². The molecule has 0 saturated heterocycles. The van der Waals surface area contributed by atoms with Gasteiger partial charge in [-0.1, -0.05) is 6.07 Å². The Labute approximate surface area is 83.5 Å². The molecule has 0 unspecified atom stereocenters. The average Bonchev–Trinajstić information content (AvgIpc) is 2.64. The Morgan fingerprint density at radius 2 is 2.36 bits per heavy atom. The van der Waals surface area contributed by atoms with Crippen LogP contribution in [0.25, 0.3) is 0 Å². The van der Waals surface area contributed by atoms with Crippen molar-refractivity contribution < 1.29 is 9.84 Å². The fourth-order valence-corrected chi connectivity index (χ4v) is 1.74. The molecule has 0 saturated carbocycles. The minimum Gasteiger partial charge on any atom is -0.493 e. The van der Waals surface area contributed by atoms with Crippen molar-refractivity contribution in [3.05, 3.63) is 29.3 Å². The Bertz CT molecular complexity index is 325. The van der Waals surface area contributed by atoms with Crippen LogP contribution in [-0.2, 0) is 6.42 Å². The standard InChI is InChI=1S/C11H15NO2/c12-5-3-10(13)8-1-2-11-9(7-8)4-6-14-11/h1-2,7,10,13H,3-6,12H2/t10-/m0/s1. The fourth-order valence-electron chi connectivity index (χ4n) is 1.74. The highest BCUT2D eigenvalue weighted by Gasteiger charge is 2.14. The van der Waals surface area contributed by atoms with E-state index in [2.05, 4.69) is 0 Å². The van der Waals surface area contributed by atoms with Gasteiger partial charge in [-0.15, -0.1) is 0 Å². The third kappa shape index (κ3) is 1.74. The normalized spacial score (nSPS) is 16.1. The van der Waals surface area contributed by atoms with Gasteiger partial charge in [0.25, 0.3) is 0 Å². The van der Waals surface area contributed by atoms with Crippen LogP contribution < -0.4 is 10.5 Å². The van der Waals surface area contributed by atoms with Crippen molar-refractivity contribution in [2.45, 2.75) is 18.9 Å². The second-order valence-corrected chi connectivity index (χ2v) is 3.56. The molecule has 0 spiro atoms. The van der Waals surface area contributed by atoms with Gasteiger partial charge in [-0.05, 0) is 36.2 Å². The Kier molecular flexibility index (Phi) is 2.70. The molecule has 1 aromatic rings. The molecule has 1 aliphatic heterocycles. The van der Waals surface area contributed by atoms with E-state index in [4.69, 9.17) is 10.5 Å². The zero-order valence-electron chi connectivity index (χ0n) is 8.07. The molecule has 1 aromatic carbocycles. The molecule has 14 heavy (non-hydrogen) atoms. The van der Waals surface area contributed by atoms with E-state index >= 15 is 0 Å². The highest BCUT2D eigenvalue weighted by molar-refractivity contribution is 5.40. The first kappa shape index (κ1) is 9.49. The molecule has 1 aliphatic rings. The number of hydrogen-bond acceptors (Lipinski definition) is 3. The van der Waals surface area contributed by atoms with Crippen LogP contribution in [0.2, 0.25) is 0 Å². The smallest absolute Gasteiger partial charge is 0.122 e. The molecule has 1 heterocycles. The van der Waals surface area contributed by atoms with Gasteiger partial charge < -0.3 is 15.6 Å². The molecule has 0 bridgehead atoms. The third-order valence-electron chi connectivity index (χ3n) is 2.54. The van der Waals surface area contributed by atoms with Crippen LogP contribution in [0, 0.1) is 0 Å². The van der Waals surface area contributed by atoms with Crippen LogP contribution in [0.1, 0.15) is 23.7 Å². The summed E-state index contributed by atoms with van der Waals surface area (Å²) in [6.45, 7) is 1.26. The van der Waals surface area contributed by atoms with E-state index in [-0.39, 0.29) is 0 Å². The number of hydrogen-bond donors (Lipinski definition) is 2. The molecule has 0 aromatic heterocycles. The van der Waals surface area contributed by atoms with E-state index in [9.17, 15) is 5.11 Å². The quantitative estimate of drug-likeness (QED) is 0.753. The summed E-state index contributed by atoms with van der Waals surface area (Å²) in [5, 5.41) is 9.73. The maximum Gasteiger partial charge on any atom is 0.122 e. The Hall–Kier alpha value is -1.06. The molecule has 0 radical (unpaired) electrons. The first-order valence-corrected chi connectivity index (χ1v) is 4.95. The molecule has 0 fully saturated rings. The molecule has 3 heteroatoms. The molecule has 2 rings (SSSR count).